The van der Waals surface area contributed by atoms with E-state index in [0.717, 1.165) is 55.1 Å². The van der Waals surface area contributed by atoms with Gasteiger partial charge in [-0.2, -0.15) is 0 Å². The maximum absolute atomic E-state index is 12.0. The highest BCUT2D eigenvalue weighted by molar-refractivity contribution is 7.15. The first-order valence-electron chi connectivity index (χ1n) is 13.9. The Balaban J connectivity index is 1.20. The van der Waals surface area contributed by atoms with Gasteiger partial charge in [0.2, 0.25) is 0 Å². The van der Waals surface area contributed by atoms with Crippen molar-refractivity contribution in [3.05, 3.63) is 70.2 Å². The topological polar surface area (TPSA) is 75.1 Å². The zero-order chi connectivity index (χ0) is 27.6. The molecule has 3 aromatic rings. The number of thiazole rings is 1. The van der Waals surface area contributed by atoms with E-state index < -0.39 is 12.7 Å². The minimum absolute atomic E-state index is 0.271. The van der Waals surface area contributed by atoms with Gasteiger partial charge >= 0.3 is 13.2 Å². The Morgan fingerprint density at radius 1 is 1.18 bits per heavy atom. The molecule has 0 spiro atoms. The second kappa shape index (κ2) is 11.7. The molecule has 2 aromatic carbocycles. The summed E-state index contributed by atoms with van der Waals surface area (Å²) in [6.07, 6.45) is 5.60. The number of amides is 1. The molecule has 1 saturated heterocycles. The molecule has 39 heavy (non-hydrogen) atoms. The smallest absolute Gasteiger partial charge is 0.447 e. The fourth-order valence-electron chi connectivity index (χ4n) is 5.28. The van der Waals surface area contributed by atoms with Crippen molar-refractivity contribution < 1.29 is 19.2 Å². The highest BCUT2D eigenvalue weighted by Gasteiger charge is 2.32. The van der Waals surface area contributed by atoms with Crippen LogP contribution in [0.2, 0.25) is 0 Å². The van der Waals surface area contributed by atoms with Crippen molar-refractivity contribution in [3.8, 4) is 0 Å². The number of hydrogen-bond acceptors (Lipinski definition) is 7. The van der Waals surface area contributed by atoms with Crippen LogP contribution in [0, 0.1) is 5.92 Å². The van der Waals surface area contributed by atoms with Gasteiger partial charge in [0, 0.05) is 36.3 Å². The van der Waals surface area contributed by atoms with Crippen LogP contribution in [0.4, 0.5) is 15.6 Å². The second-order valence-electron chi connectivity index (χ2n) is 11.2. The molecule has 1 fully saturated rings. The predicted octanol–water partition coefficient (Wildman–Crippen LogP) is 5.17. The number of anilines is 2. The molecule has 9 heteroatoms. The van der Waals surface area contributed by atoms with E-state index in [4.69, 9.17) is 14.4 Å². The Kier molecular flexibility index (Phi) is 8.31. The minimum atomic E-state index is -0.943. The van der Waals surface area contributed by atoms with Crippen LogP contribution in [0.3, 0.4) is 0 Å². The third-order valence-corrected chi connectivity index (χ3v) is 9.11. The highest BCUT2D eigenvalue weighted by atomic mass is 32.1. The van der Waals surface area contributed by atoms with Gasteiger partial charge < -0.3 is 19.3 Å². The molecule has 3 heterocycles. The minimum Gasteiger partial charge on any atom is -0.447 e. The number of nitrogens with zero attached hydrogens (tertiary/aromatic N) is 3. The van der Waals surface area contributed by atoms with E-state index in [1.807, 2.05) is 24.4 Å². The molecule has 0 saturated carbocycles. The summed E-state index contributed by atoms with van der Waals surface area (Å²) >= 11 is 1.72. The quantitative estimate of drug-likeness (QED) is 0.353. The van der Waals surface area contributed by atoms with Gasteiger partial charge in [0.05, 0.1) is 12.1 Å². The molecule has 2 aliphatic heterocycles. The first-order chi connectivity index (χ1) is 18.7. The van der Waals surface area contributed by atoms with Crippen molar-refractivity contribution in [2.45, 2.75) is 65.5 Å². The molecule has 1 atom stereocenters. The Bertz CT molecular complexity index is 1300. The first-order valence-corrected chi connectivity index (χ1v) is 14.8. The number of aromatic nitrogens is 1. The maximum Gasteiger partial charge on any atom is 0.491 e. The van der Waals surface area contributed by atoms with Gasteiger partial charge in [-0.1, -0.05) is 50.6 Å². The lowest BCUT2D eigenvalue weighted by molar-refractivity contribution is 0.0310. The lowest BCUT2D eigenvalue weighted by Gasteiger charge is -2.33. The molecule has 1 aromatic heterocycles. The van der Waals surface area contributed by atoms with Gasteiger partial charge in [0.1, 0.15) is 6.61 Å². The molecule has 2 aliphatic rings. The average molecular weight is 548 g/mol. The average Bonchev–Trinajstić information content (AvgIpc) is 3.57. The molecular weight excluding hydrogens is 509 g/mol. The van der Waals surface area contributed by atoms with Gasteiger partial charge in [-0.25, -0.2) is 9.78 Å². The molecule has 1 unspecified atom stereocenters. The van der Waals surface area contributed by atoms with Gasteiger partial charge in [-0.05, 0) is 66.9 Å². The number of carbonyl (C=O) groups excluding carboxylic acids is 1. The van der Waals surface area contributed by atoms with Crippen molar-refractivity contribution in [3.63, 3.8) is 0 Å². The Morgan fingerprint density at radius 2 is 1.97 bits per heavy atom. The number of cyclic esters (lactones) is 1. The molecule has 5 rings (SSSR count). The molecule has 1 N–H and O–H groups in total. The van der Waals surface area contributed by atoms with Crippen molar-refractivity contribution >= 4 is 40.8 Å². The number of benzene rings is 2. The molecule has 0 bridgehead atoms. The van der Waals surface area contributed by atoms with Crippen LogP contribution >= 0.6 is 11.3 Å². The summed E-state index contributed by atoms with van der Waals surface area (Å²) in [7, 11) is -0.943. The van der Waals surface area contributed by atoms with Crippen molar-refractivity contribution in [2.75, 3.05) is 29.5 Å². The number of ether oxygens (including phenoxy) is 1. The largest absolute Gasteiger partial charge is 0.491 e. The van der Waals surface area contributed by atoms with Crippen LogP contribution < -0.4 is 15.3 Å². The number of hydrogen-bond donors (Lipinski definition) is 1. The number of carbonyl (C=O) groups is 1. The molecule has 1 amide bonds. The van der Waals surface area contributed by atoms with E-state index in [0.29, 0.717) is 19.1 Å². The monoisotopic (exact) mass is 547 g/mol. The lowest BCUT2D eigenvalue weighted by Crippen LogP contribution is -2.45. The molecule has 0 aliphatic carbocycles. The fourth-order valence-corrected chi connectivity index (χ4v) is 6.25. The summed E-state index contributed by atoms with van der Waals surface area (Å²) in [6, 6.07) is 14.3. The summed E-state index contributed by atoms with van der Waals surface area (Å²) in [4.78, 5) is 22.0. The van der Waals surface area contributed by atoms with Crippen molar-refractivity contribution in [1.29, 1.82) is 0 Å². The van der Waals surface area contributed by atoms with E-state index in [1.54, 1.807) is 16.2 Å². The van der Waals surface area contributed by atoms with Crippen LogP contribution in [-0.4, -0.2) is 48.5 Å². The number of rotatable bonds is 10. The molecule has 206 valence electrons. The summed E-state index contributed by atoms with van der Waals surface area (Å²) in [6.45, 7) is 11.2. The highest BCUT2D eigenvalue weighted by Crippen LogP contribution is 2.32. The zero-order valence-corrected chi connectivity index (χ0v) is 24.2. The summed E-state index contributed by atoms with van der Waals surface area (Å²) in [5.41, 5.74) is 5.01. The summed E-state index contributed by atoms with van der Waals surface area (Å²) < 4.78 is 11.2. The lowest BCUT2D eigenvalue weighted by atomic mass is 9.76. The SMILES string of the molecule is CCCC(C)C(C)(C)OB(O)c1ccc(Cc2cnc(N3CCc4ccc(N5CCOC5=O)cc4C3)s2)cc1. The van der Waals surface area contributed by atoms with E-state index in [2.05, 4.69) is 56.9 Å². The summed E-state index contributed by atoms with van der Waals surface area (Å²) in [5, 5.41) is 11.7. The molecule has 7 nitrogen and oxygen atoms in total. The van der Waals surface area contributed by atoms with Crippen molar-refractivity contribution in [1.82, 2.24) is 4.98 Å². The van der Waals surface area contributed by atoms with E-state index in [1.165, 1.54) is 21.6 Å². The normalized spacial score (nSPS) is 16.3. The van der Waals surface area contributed by atoms with Gasteiger partial charge in [-0.3, -0.25) is 4.90 Å². The Morgan fingerprint density at radius 3 is 2.69 bits per heavy atom. The van der Waals surface area contributed by atoms with Crippen LogP contribution in [0.5, 0.6) is 0 Å². The number of fused-ring (bicyclic) bond motifs is 1. The first kappa shape index (κ1) is 27.7. The third-order valence-electron chi connectivity index (χ3n) is 8.05. The van der Waals surface area contributed by atoms with Gasteiger partial charge in [0.15, 0.2) is 5.13 Å². The van der Waals surface area contributed by atoms with Crippen LogP contribution in [0.25, 0.3) is 0 Å². The van der Waals surface area contributed by atoms with Gasteiger partial charge in [0.25, 0.3) is 0 Å². The molecule has 0 radical (unpaired) electrons. The van der Waals surface area contributed by atoms with E-state index in [9.17, 15) is 9.82 Å². The zero-order valence-electron chi connectivity index (χ0n) is 23.4. The summed E-state index contributed by atoms with van der Waals surface area (Å²) in [5.74, 6) is 0.358. The van der Waals surface area contributed by atoms with E-state index in [-0.39, 0.29) is 6.09 Å². The second-order valence-corrected chi connectivity index (χ2v) is 12.3. The van der Waals surface area contributed by atoms with Crippen LogP contribution in [0.15, 0.2) is 48.7 Å². The maximum atomic E-state index is 12.0. The van der Waals surface area contributed by atoms with E-state index >= 15 is 0 Å². The Hall–Kier alpha value is -2.88. The van der Waals surface area contributed by atoms with Gasteiger partial charge in [-0.15, -0.1) is 11.3 Å². The van der Waals surface area contributed by atoms with Crippen LogP contribution in [-0.2, 0) is 28.8 Å². The molecular formula is C30H38BN3O4S. The standard InChI is InChI=1S/C30H38BN3O4S/c1-5-6-21(2)30(3,4)38-31(36)25-10-7-22(8-11-25)17-27-19-32-28(39-27)33-14-13-23-9-12-26(18-24(23)20-33)34-15-16-37-29(34)35/h7-12,18-19,21,36H,5-6,13-17,20H2,1-4H3. The Labute approximate surface area is 235 Å². The third kappa shape index (κ3) is 6.31. The predicted molar refractivity (Wildman–Crippen MR) is 158 cm³/mol. The fraction of sp³-hybridized carbons (Fsp3) is 0.467. The van der Waals surface area contributed by atoms with Crippen LogP contribution in [0.1, 0.15) is 62.1 Å². The van der Waals surface area contributed by atoms with Crippen molar-refractivity contribution in [2.24, 2.45) is 5.92 Å².